The topological polar surface area (TPSA) is 63.2 Å². The van der Waals surface area contributed by atoms with Crippen molar-refractivity contribution in [2.75, 3.05) is 6.54 Å². The molecule has 1 atom stereocenters. The van der Waals surface area contributed by atoms with Crippen molar-refractivity contribution in [3.05, 3.63) is 41.5 Å². The third-order valence-electron chi connectivity index (χ3n) is 6.07. The monoisotopic (exact) mass is 411 g/mol. The van der Waals surface area contributed by atoms with Crippen LogP contribution in [0.5, 0.6) is 0 Å². The van der Waals surface area contributed by atoms with Gasteiger partial charge in [0, 0.05) is 34.1 Å². The Morgan fingerprint density at radius 1 is 1.07 bits per heavy atom. The number of hydrogen-bond donors (Lipinski definition) is 1. The van der Waals surface area contributed by atoms with Crippen molar-refractivity contribution in [3.8, 4) is 0 Å². The molecular weight excluding hydrogens is 382 g/mol. The maximum absolute atomic E-state index is 12.7. The van der Waals surface area contributed by atoms with Crippen LogP contribution in [0.15, 0.2) is 35.2 Å². The first-order chi connectivity index (χ1) is 13.9. The average Bonchev–Trinajstić information content (AvgIpc) is 3.50. The fourth-order valence-electron chi connectivity index (χ4n) is 3.88. The minimum absolute atomic E-state index is 0.0494. The minimum Gasteiger partial charge on any atom is -0.356 e. The number of ketones is 1. The van der Waals surface area contributed by atoms with E-state index >= 15 is 0 Å². The highest BCUT2D eigenvalue weighted by molar-refractivity contribution is 7.85. The summed E-state index contributed by atoms with van der Waals surface area (Å²) in [5, 5.41) is 5.13. The van der Waals surface area contributed by atoms with E-state index in [1.165, 1.54) is 0 Å². The number of nitrogens with one attached hydrogen (secondary N) is 1. The number of carbonyl (C=O) groups is 2. The summed E-state index contributed by atoms with van der Waals surface area (Å²) in [7, 11) is -1.06. The molecular formula is C24H29NO3S. The standard InChI is InChI=1S/C24H29NO3S/c1-15(2)29(28)21-9-8-18-12-20(23(26)16-6-7-16)13-19(22(18)14-21)10-11-25-24(27)17-4-3-5-17/h8-9,12-17H,3-7,10-11H2,1-2H3,(H,25,27). The molecule has 1 amide bonds. The summed E-state index contributed by atoms with van der Waals surface area (Å²) in [6.45, 7) is 4.46. The van der Waals surface area contributed by atoms with Gasteiger partial charge in [0.1, 0.15) is 0 Å². The molecule has 0 bridgehead atoms. The van der Waals surface area contributed by atoms with Crippen LogP contribution in [0.25, 0.3) is 10.8 Å². The smallest absolute Gasteiger partial charge is 0.223 e. The van der Waals surface area contributed by atoms with Gasteiger partial charge in [-0.05, 0) is 72.7 Å². The molecule has 4 nitrogen and oxygen atoms in total. The van der Waals surface area contributed by atoms with Crippen LogP contribution in [-0.2, 0) is 22.0 Å². The van der Waals surface area contributed by atoms with Gasteiger partial charge >= 0.3 is 0 Å². The molecule has 29 heavy (non-hydrogen) atoms. The number of hydrogen-bond acceptors (Lipinski definition) is 3. The Balaban J connectivity index is 1.62. The van der Waals surface area contributed by atoms with Gasteiger partial charge in [0.05, 0.1) is 10.8 Å². The van der Waals surface area contributed by atoms with E-state index in [0.717, 1.165) is 58.9 Å². The molecule has 2 aliphatic carbocycles. The quantitative estimate of drug-likeness (QED) is 0.655. The second-order valence-corrected chi connectivity index (χ2v) is 10.7. The molecule has 2 saturated carbocycles. The summed E-state index contributed by atoms with van der Waals surface area (Å²) in [5.41, 5.74) is 1.81. The van der Waals surface area contributed by atoms with E-state index in [1.807, 2.05) is 44.2 Å². The highest BCUT2D eigenvalue weighted by Gasteiger charge is 2.31. The maximum atomic E-state index is 12.7. The van der Waals surface area contributed by atoms with Crippen LogP contribution in [0.4, 0.5) is 0 Å². The Labute approximate surface area is 174 Å². The van der Waals surface area contributed by atoms with Gasteiger partial charge in [-0.3, -0.25) is 13.8 Å². The van der Waals surface area contributed by atoms with E-state index in [-0.39, 0.29) is 28.8 Å². The molecule has 0 aliphatic heterocycles. The third-order valence-corrected chi connectivity index (χ3v) is 7.65. The zero-order valence-corrected chi connectivity index (χ0v) is 18.0. The molecule has 1 unspecified atom stereocenters. The van der Waals surface area contributed by atoms with Gasteiger partial charge in [-0.15, -0.1) is 0 Å². The molecule has 2 fully saturated rings. The molecule has 0 heterocycles. The van der Waals surface area contributed by atoms with Gasteiger partial charge in [-0.2, -0.15) is 0 Å². The maximum Gasteiger partial charge on any atom is 0.223 e. The molecule has 0 saturated heterocycles. The van der Waals surface area contributed by atoms with Crippen LogP contribution >= 0.6 is 0 Å². The lowest BCUT2D eigenvalue weighted by Gasteiger charge is -2.24. The van der Waals surface area contributed by atoms with Crippen molar-refractivity contribution in [2.24, 2.45) is 11.8 Å². The van der Waals surface area contributed by atoms with Crippen molar-refractivity contribution in [1.29, 1.82) is 0 Å². The lowest BCUT2D eigenvalue weighted by Crippen LogP contribution is -2.35. The first-order valence-corrected chi connectivity index (χ1v) is 11.9. The van der Waals surface area contributed by atoms with Gasteiger partial charge in [-0.25, -0.2) is 0 Å². The molecule has 2 aromatic carbocycles. The van der Waals surface area contributed by atoms with Crippen LogP contribution in [0, 0.1) is 11.8 Å². The number of benzene rings is 2. The summed E-state index contributed by atoms with van der Waals surface area (Å²) in [4.78, 5) is 25.6. The molecule has 0 aromatic heterocycles. The number of fused-ring (bicyclic) bond motifs is 1. The molecule has 0 spiro atoms. The van der Waals surface area contributed by atoms with E-state index in [4.69, 9.17) is 0 Å². The summed E-state index contributed by atoms with van der Waals surface area (Å²) < 4.78 is 12.6. The third kappa shape index (κ3) is 4.45. The second-order valence-electron chi connectivity index (χ2n) is 8.67. The van der Waals surface area contributed by atoms with Crippen molar-refractivity contribution in [3.63, 3.8) is 0 Å². The van der Waals surface area contributed by atoms with Crippen LogP contribution in [0.2, 0.25) is 0 Å². The van der Waals surface area contributed by atoms with Crippen LogP contribution < -0.4 is 5.32 Å². The summed E-state index contributed by atoms with van der Waals surface area (Å²) in [6.07, 6.45) is 5.75. The van der Waals surface area contributed by atoms with E-state index in [9.17, 15) is 13.8 Å². The van der Waals surface area contributed by atoms with E-state index in [2.05, 4.69) is 5.32 Å². The van der Waals surface area contributed by atoms with Gasteiger partial charge in [0.25, 0.3) is 0 Å². The molecule has 2 aliphatic rings. The summed E-state index contributed by atoms with van der Waals surface area (Å²) in [6, 6.07) is 9.84. The van der Waals surface area contributed by atoms with Crippen molar-refractivity contribution in [2.45, 2.75) is 62.5 Å². The summed E-state index contributed by atoms with van der Waals surface area (Å²) >= 11 is 0. The number of rotatable bonds is 8. The molecule has 2 aromatic rings. The van der Waals surface area contributed by atoms with Crippen molar-refractivity contribution >= 4 is 33.3 Å². The lowest BCUT2D eigenvalue weighted by molar-refractivity contribution is -0.127. The second kappa shape index (κ2) is 8.39. The van der Waals surface area contributed by atoms with Crippen molar-refractivity contribution < 1.29 is 13.8 Å². The molecule has 0 radical (unpaired) electrons. The normalized spacial score (nSPS) is 17.9. The number of amides is 1. The SMILES string of the molecule is CC(C)S(=O)c1ccc2cc(C(=O)C3CC3)cc(CCNC(=O)C3CCC3)c2c1. The first-order valence-electron chi connectivity index (χ1n) is 10.7. The Bertz CT molecular complexity index is 973. The predicted octanol–water partition coefficient (Wildman–Crippen LogP) is 4.41. The van der Waals surface area contributed by atoms with Gasteiger partial charge in [-0.1, -0.05) is 26.3 Å². The van der Waals surface area contributed by atoms with Crippen LogP contribution in [-0.4, -0.2) is 27.7 Å². The van der Waals surface area contributed by atoms with Gasteiger partial charge in [0.2, 0.25) is 5.91 Å². The number of Topliss-reactive ketones (excluding diaryl/α,β-unsaturated/α-hetero) is 1. The van der Waals surface area contributed by atoms with E-state index < -0.39 is 10.8 Å². The van der Waals surface area contributed by atoms with E-state index in [0.29, 0.717) is 13.0 Å². The van der Waals surface area contributed by atoms with Crippen molar-refractivity contribution in [1.82, 2.24) is 5.32 Å². The molecule has 154 valence electrons. The Morgan fingerprint density at radius 3 is 2.45 bits per heavy atom. The van der Waals surface area contributed by atoms with Gasteiger partial charge in [0.15, 0.2) is 5.78 Å². The van der Waals surface area contributed by atoms with Crippen LogP contribution in [0.1, 0.15) is 61.9 Å². The Morgan fingerprint density at radius 2 is 1.83 bits per heavy atom. The Hall–Kier alpha value is -2.01. The fourth-order valence-corrected chi connectivity index (χ4v) is 4.86. The largest absolute Gasteiger partial charge is 0.356 e. The highest BCUT2D eigenvalue weighted by atomic mass is 32.2. The predicted molar refractivity (Wildman–Crippen MR) is 117 cm³/mol. The Kier molecular flexibility index (Phi) is 5.86. The molecule has 1 N–H and O–H groups in total. The molecule has 4 rings (SSSR count). The minimum atomic E-state index is -1.06. The average molecular weight is 412 g/mol. The van der Waals surface area contributed by atoms with Crippen LogP contribution in [0.3, 0.4) is 0 Å². The zero-order valence-electron chi connectivity index (χ0n) is 17.2. The zero-order chi connectivity index (χ0) is 20.5. The first kappa shape index (κ1) is 20.3. The number of carbonyl (C=O) groups excluding carboxylic acids is 2. The fraction of sp³-hybridized carbons (Fsp3) is 0.500. The van der Waals surface area contributed by atoms with E-state index in [1.54, 1.807) is 0 Å². The molecule has 5 heteroatoms. The van der Waals surface area contributed by atoms with Gasteiger partial charge < -0.3 is 5.32 Å². The highest BCUT2D eigenvalue weighted by Crippen LogP contribution is 2.34. The summed E-state index contributed by atoms with van der Waals surface area (Å²) in [5.74, 6) is 0.717. The lowest BCUT2D eigenvalue weighted by atomic mass is 9.85.